The molecule has 2 aromatic carbocycles. The predicted molar refractivity (Wildman–Crippen MR) is 105 cm³/mol. The van der Waals surface area contributed by atoms with Crippen LogP contribution in [0.15, 0.2) is 83.0 Å². The normalized spacial score (nSPS) is 15.5. The fourth-order valence-electron chi connectivity index (χ4n) is 2.84. The Balaban J connectivity index is 1.52. The number of imide groups is 2. The second kappa shape index (κ2) is 7.85. The van der Waals surface area contributed by atoms with Crippen molar-refractivity contribution in [2.24, 2.45) is 0 Å². The zero-order valence-electron chi connectivity index (χ0n) is 15.2. The van der Waals surface area contributed by atoms with Gasteiger partial charge in [0, 0.05) is 0 Å². The maximum absolute atomic E-state index is 12.8. The van der Waals surface area contributed by atoms with Crippen molar-refractivity contribution in [2.45, 2.75) is 6.61 Å². The van der Waals surface area contributed by atoms with Gasteiger partial charge in [0.2, 0.25) is 0 Å². The zero-order valence-corrected chi connectivity index (χ0v) is 15.2. The Morgan fingerprint density at radius 2 is 1.69 bits per heavy atom. The van der Waals surface area contributed by atoms with E-state index in [0.717, 1.165) is 10.5 Å². The first-order valence-electron chi connectivity index (χ1n) is 8.83. The molecule has 0 radical (unpaired) electrons. The number of ether oxygens (including phenoxy) is 1. The molecule has 4 amide bonds. The molecule has 1 aliphatic rings. The summed E-state index contributed by atoms with van der Waals surface area (Å²) in [6, 6.07) is 18.6. The molecule has 1 N–H and O–H groups in total. The Labute approximate surface area is 166 Å². The quantitative estimate of drug-likeness (QED) is 0.534. The van der Waals surface area contributed by atoms with Gasteiger partial charge in [0.05, 0.1) is 12.0 Å². The lowest BCUT2D eigenvalue weighted by Crippen LogP contribution is -2.54. The smallest absolute Gasteiger partial charge is 0.335 e. The molecular formula is C22H16N2O5. The number of urea groups is 1. The minimum absolute atomic E-state index is 0.191. The Kier molecular flexibility index (Phi) is 4.94. The molecule has 144 valence electrons. The van der Waals surface area contributed by atoms with Crippen molar-refractivity contribution in [1.82, 2.24) is 5.32 Å². The van der Waals surface area contributed by atoms with Crippen molar-refractivity contribution in [3.8, 4) is 5.75 Å². The maximum Gasteiger partial charge on any atom is 0.335 e. The highest BCUT2D eigenvalue weighted by Crippen LogP contribution is 2.24. The number of anilines is 1. The second-order valence-electron chi connectivity index (χ2n) is 6.24. The van der Waals surface area contributed by atoms with E-state index in [-0.39, 0.29) is 5.57 Å². The van der Waals surface area contributed by atoms with E-state index < -0.39 is 17.8 Å². The molecule has 0 unspecified atom stereocenters. The van der Waals surface area contributed by atoms with Gasteiger partial charge < -0.3 is 9.15 Å². The molecule has 7 heteroatoms. The van der Waals surface area contributed by atoms with Gasteiger partial charge in [0.15, 0.2) is 0 Å². The highest BCUT2D eigenvalue weighted by atomic mass is 16.5. The SMILES string of the molecule is O=C1NC(=O)N(c2ccc(OCc3ccccc3)cc2)C(=O)/C1=C/c1ccco1. The first-order chi connectivity index (χ1) is 14.1. The first kappa shape index (κ1) is 18.2. The van der Waals surface area contributed by atoms with E-state index in [1.807, 2.05) is 30.3 Å². The summed E-state index contributed by atoms with van der Waals surface area (Å²) in [4.78, 5) is 38.0. The van der Waals surface area contributed by atoms with Gasteiger partial charge in [-0.25, -0.2) is 9.69 Å². The molecule has 1 aliphatic heterocycles. The van der Waals surface area contributed by atoms with Crippen molar-refractivity contribution >= 4 is 29.6 Å². The van der Waals surface area contributed by atoms with Gasteiger partial charge in [-0.15, -0.1) is 0 Å². The van der Waals surface area contributed by atoms with Crippen molar-refractivity contribution < 1.29 is 23.5 Å². The Bertz CT molecular complexity index is 1070. The molecule has 7 nitrogen and oxygen atoms in total. The molecular weight excluding hydrogens is 372 g/mol. The number of benzene rings is 2. The van der Waals surface area contributed by atoms with E-state index in [0.29, 0.717) is 23.8 Å². The van der Waals surface area contributed by atoms with E-state index in [1.165, 1.54) is 12.3 Å². The van der Waals surface area contributed by atoms with Crippen LogP contribution in [0.2, 0.25) is 0 Å². The zero-order chi connectivity index (χ0) is 20.2. The van der Waals surface area contributed by atoms with E-state index in [1.54, 1.807) is 36.4 Å². The summed E-state index contributed by atoms with van der Waals surface area (Å²) in [7, 11) is 0. The van der Waals surface area contributed by atoms with Gasteiger partial charge in [0.1, 0.15) is 23.7 Å². The van der Waals surface area contributed by atoms with Crippen LogP contribution < -0.4 is 15.0 Å². The van der Waals surface area contributed by atoms with Crippen LogP contribution in [-0.4, -0.2) is 17.8 Å². The highest BCUT2D eigenvalue weighted by molar-refractivity contribution is 6.39. The summed E-state index contributed by atoms with van der Waals surface area (Å²) in [5.41, 5.74) is 1.15. The van der Waals surface area contributed by atoms with E-state index in [2.05, 4.69) is 5.32 Å². The number of nitrogens with one attached hydrogen (secondary N) is 1. The monoisotopic (exact) mass is 388 g/mol. The third-order valence-electron chi connectivity index (χ3n) is 4.27. The summed E-state index contributed by atoms with van der Waals surface area (Å²) in [5, 5.41) is 2.17. The van der Waals surface area contributed by atoms with Crippen LogP contribution >= 0.6 is 0 Å². The van der Waals surface area contributed by atoms with Gasteiger partial charge in [0.25, 0.3) is 11.8 Å². The lowest BCUT2D eigenvalue weighted by molar-refractivity contribution is -0.122. The van der Waals surface area contributed by atoms with Gasteiger partial charge in [-0.05, 0) is 48.0 Å². The summed E-state index contributed by atoms with van der Waals surface area (Å²) in [6.07, 6.45) is 2.73. The van der Waals surface area contributed by atoms with E-state index in [9.17, 15) is 14.4 Å². The largest absolute Gasteiger partial charge is 0.489 e. The molecule has 0 saturated carbocycles. The highest BCUT2D eigenvalue weighted by Gasteiger charge is 2.37. The minimum Gasteiger partial charge on any atom is -0.489 e. The van der Waals surface area contributed by atoms with E-state index in [4.69, 9.17) is 9.15 Å². The number of hydrogen-bond acceptors (Lipinski definition) is 5. The fourth-order valence-corrected chi connectivity index (χ4v) is 2.84. The number of carbonyl (C=O) groups excluding carboxylic acids is 3. The van der Waals surface area contributed by atoms with Crippen LogP contribution in [0.5, 0.6) is 5.75 Å². The molecule has 2 heterocycles. The van der Waals surface area contributed by atoms with Gasteiger partial charge in [-0.2, -0.15) is 0 Å². The standard InChI is InChI=1S/C22H16N2O5/c25-20-19(13-18-7-4-12-28-18)21(26)24(22(27)23-20)16-8-10-17(11-9-16)29-14-15-5-2-1-3-6-15/h1-13H,14H2,(H,23,25,27)/b19-13+. The average molecular weight is 388 g/mol. The predicted octanol–water partition coefficient (Wildman–Crippen LogP) is 3.53. The minimum atomic E-state index is -0.811. The maximum atomic E-state index is 12.8. The van der Waals surface area contributed by atoms with E-state index >= 15 is 0 Å². The molecule has 1 aromatic heterocycles. The molecule has 0 atom stereocenters. The topological polar surface area (TPSA) is 88.9 Å². The van der Waals surface area contributed by atoms with Crippen LogP contribution in [0.1, 0.15) is 11.3 Å². The van der Waals surface area contributed by atoms with Gasteiger partial charge in [-0.3, -0.25) is 14.9 Å². The van der Waals surface area contributed by atoms with Crippen LogP contribution in [0, 0.1) is 0 Å². The third kappa shape index (κ3) is 3.93. The van der Waals surface area contributed by atoms with Crippen LogP contribution in [-0.2, 0) is 16.2 Å². The first-order valence-corrected chi connectivity index (χ1v) is 8.83. The summed E-state index contributed by atoms with van der Waals surface area (Å²) in [6.45, 7) is 0.397. The second-order valence-corrected chi connectivity index (χ2v) is 6.24. The number of carbonyl (C=O) groups is 3. The summed E-state index contributed by atoms with van der Waals surface area (Å²) in [5.74, 6) is -0.573. The molecule has 1 fully saturated rings. The number of amides is 4. The Morgan fingerprint density at radius 1 is 0.931 bits per heavy atom. The Morgan fingerprint density at radius 3 is 2.38 bits per heavy atom. The van der Waals surface area contributed by atoms with Gasteiger partial charge >= 0.3 is 6.03 Å². The van der Waals surface area contributed by atoms with Crippen molar-refractivity contribution in [1.29, 1.82) is 0 Å². The van der Waals surface area contributed by atoms with Crippen molar-refractivity contribution in [3.63, 3.8) is 0 Å². The number of furan rings is 1. The molecule has 3 aromatic rings. The number of nitrogens with zero attached hydrogens (tertiary/aromatic N) is 1. The summed E-state index contributed by atoms with van der Waals surface area (Å²) >= 11 is 0. The number of barbiturate groups is 1. The van der Waals surface area contributed by atoms with Crippen molar-refractivity contribution in [2.75, 3.05) is 4.90 Å². The lowest BCUT2D eigenvalue weighted by Gasteiger charge is -2.26. The fraction of sp³-hybridized carbons (Fsp3) is 0.0455. The van der Waals surface area contributed by atoms with Crippen LogP contribution in [0.25, 0.3) is 6.08 Å². The molecule has 0 aliphatic carbocycles. The average Bonchev–Trinajstić information content (AvgIpc) is 3.24. The Hall–Kier alpha value is -4.13. The van der Waals surface area contributed by atoms with Crippen LogP contribution in [0.4, 0.5) is 10.5 Å². The molecule has 1 saturated heterocycles. The van der Waals surface area contributed by atoms with Crippen molar-refractivity contribution in [3.05, 3.63) is 89.9 Å². The number of rotatable bonds is 5. The lowest BCUT2D eigenvalue weighted by atomic mass is 10.1. The molecule has 29 heavy (non-hydrogen) atoms. The third-order valence-corrected chi connectivity index (χ3v) is 4.27. The van der Waals surface area contributed by atoms with Crippen LogP contribution in [0.3, 0.4) is 0 Å². The summed E-state index contributed by atoms with van der Waals surface area (Å²) < 4.78 is 10.9. The number of hydrogen-bond donors (Lipinski definition) is 1. The molecule has 0 spiro atoms. The molecule has 0 bridgehead atoms. The van der Waals surface area contributed by atoms with Gasteiger partial charge in [-0.1, -0.05) is 30.3 Å². The molecule has 4 rings (SSSR count).